The number of rotatable bonds is 3. The van der Waals surface area contributed by atoms with E-state index in [0.29, 0.717) is 11.3 Å². The first-order valence-corrected chi connectivity index (χ1v) is 5.43. The van der Waals surface area contributed by atoms with E-state index in [4.69, 9.17) is 4.74 Å². The number of ketones is 1. The van der Waals surface area contributed by atoms with E-state index in [9.17, 15) is 9.90 Å². The molecule has 0 aliphatic heterocycles. The minimum atomic E-state index is -0.831. The smallest absolute Gasteiger partial charge is 0.172 e. The minimum absolute atomic E-state index is 0.0826. The van der Waals surface area contributed by atoms with Crippen molar-refractivity contribution in [2.24, 2.45) is 5.92 Å². The fraction of sp³-hybridized carbons (Fsp3) is 0.214. The zero-order valence-electron chi connectivity index (χ0n) is 9.54. The average Bonchev–Trinajstić information content (AvgIpc) is 2.39. The number of carbonyl (C=O) groups excluding carboxylic acids is 1. The Kier molecular flexibility index (Phi) is 3.40. The number of Topliss-reactive ketones (excluding diaryl/α,β-unsaturated/α-hetero) is 1. The van der Waals surface area contributed by atoms with Crippen molar-refractivity contribution in [3.8, 4) is 0 Å². The van der Waals surface area contributed by atoms with Crippen LogP contribution in [0.5, 0.6) is 0 Å². The van der Waals surface area contributed by atoms with Crippen LogP contribution in [-0.4, -0.2) is 24.1 Å². The maximum Gasteiger partial charge on any atom is 0.172 e. The summed E-state index contributed by atoms with van der Waals surface area (Å²) in [6.45, 7) is 0. The molecule has 0 saturated heterocycles. The van der Waals surface area contributed by atoms with Crippen molar-refractivity contribution in [3.05, 3.63) is 59.9 Å². The summed E-state index contributed by atoms with van der Waals surface area (Å²) < 4.78 is 5.00. The zero-order chi connectivity index (χ0) is 12.3. The molecule has 2 rings (SSSR count). The maximum absolute atomic E-state index is 12.1. The number of hydrogen-bond donors (Lipinski definition) is 1. The van der Waals surface area contributed by atoms with Crippen molar-refractivity contribution in [2.75, 3.05) is 7.11 Å². The van der Waals surface area contributed by atoms with E-state index >= 15 is 0 Å². The Morgan fingerprint density at radius 3 is 2.59 bits per heavy atom. The third-order valence-electron chi connectivity index (χ3n) is 2.77. The van der Waals surface area contributed by atoms with Gasteiger partial charge in [0.25, 0.3) is 0 Å². The molecule has 3 nitrogen and oxygen atoms in total. The molecule has 1 aliphatic rings. The lowest BCUT2D eigenvalue weighted by atomic mass is 9.89. The van der Waals surface area contributed by atoms with Gasteiger partial charge in [-0.2, -0.15) is 0 Å². The molecule has 17 heavy (non-hydrogen) atoms. The quantitative estimate of drug-likeness (QED) is 0.807. The van der Waals surface area contributed by atoms with Gasteiger partial charge in [-0.1, -0.05) is 36.4 Å². The van der Waals surface area contributed by atoms with Gasteiger partial charge in [-0.05, 0) is 12.2 Å². The lowest BCUT2D eigenvalue weighted by molar-refractivity contribution is 0.0830. The normalized spacial score (nSPS) is 23.1. The van der Waals surface area contributed by atoms with Crippen molar-refractivity contribution in [1.29, 1.82) is 0 Å². The van der Waals surface area contributed by atoms with E-state index in [1.54, 1.807) is 30.4 Å². The Labute approximate surface area is 100 Å². The lowest BCUT2D eigenvalue weighted by Gasteiger charge is -2.20. The van der Waals surface area contributed by atoms with Crippen LogP contribution < -0.4 is 0 Å². The van der Waals surface area contributed by atoms with Crippen molar-refractivity contribution in [1.82, 2.24) is 0 Å². The highest BCUT2D eigenvalue weighted by Gasteiger charge is 2.26. The summed E-state index contributed by atoms with van der Waals surface area (Å²) in [4.78, 5) is 12.1. The van der Waals surface area contributed by atoms with Crippen LogP contribution in [0.4, 0.5) is 0 Å². The third-order valence-corrected chi connectivity index (χ3v) is 2.77. The molecule has 1 aliphatic carbocycles. The molecular formula is C14H14O3. The molecule has 2 atom stereocenters. The van der Waals surface area contributed by atoms with Gasteiger partial charge >= 0.3 is 0 Å². The monoisotopic (exact) mass is 230 g/mol. The molecule has 3 heteroatoms. The summed E-state index contributed by atoms with van der Waals surface area (Å²) >= 11 is 0. The van der Waals surface area contributed by atoms with Gasteiger partial charge in [-0.15, -0.1) is 0 Å². The SMILES string of the molecule is COC1=CC(O)C(C(=O)c2ccccc2)C=C1. The van der Waals surface area contributed by atoms with E-state index in [2.05, 4.69) is 0 Å². The summed E-state index contributed by atoms with van der Waals surface area (Å²) in [5.41, 5.74) is 0.607. The summed E-state index contributed by atoms with van der Waals surface area (Å²) in [5.74, 6) is -0.0355. The highest BCUT2D eigenvalue weighted by atomic mass is 16.5. The zero-order valence-corrected chi connectivity index (χ0v) is 9.54. The fourth-order valence-corrected chi connectivity index (χ4v) is 1.81. The van der Waals surface area contributed by atoms with Crippen molar-refractivity contribution in [3.63, 3.8) is 0 Å². The molecule has 0 amide bonds. The Bertz CT molecular complexity index is 460. The standard InChI is InChI=1S/C14H14O3/c1-17-11-7-8-12(13(15)9-11)14(16)10-5-3-2-4-6-10/h2-9,12-13,15H,1H3. The molecular weight excluding hydrogens is 216 g/mol. The van der Waals surface area contributed by atoms with E-state index < -0.39 is 12.0 Å². The highest BCUT2D eigenvalue weighted by molar-refractivity contribution is 5.99. The highest BCUT2D eigenvalue weighted by Crippen LogP contribution is 2.21. The van der Waals surface area contributed by atoms with E-state index in [1.807, 2.05) is 18.2 Å². The van der Waals surface area contributed by atoms with Gasteiger partial charge in [0.1, 0.15) is 5.76 Å². The van der Waals surface area contributed by atoms with Crippen LogP contribution in [0.15, 0.2) is 54.3 Å². The molecule has 0 heterocycles. The van der Waals surface area contributed by atoms with Crippen LogP contribution in [0.1, 0.15) is 10.4 Å². The van der Waals surface area contributed by atoms with Crippen LogP contribution in [0.25, 0.3) is 0 Å². The minimum Gasteiger partial charge on any atom is -0.497 e. The number of methoxy groups -OCH3 is 1. The van der Waals surface area contributed by atoms with E-state index in [0.717, 1.165) is 0 Å². The molecule has 2 unspecified atom stereocenters. The summed E-state index contributed by atoms with van der Waals surface area (Å²) in [7, 11) is 1.53. The number of hydrogen-bond acceptors (Lipinski definition) is 3. The summed E-state index contributed by atoms with van der Waals surface area (Å²) in [6.07, 6.45) is 4.10. The molecule has 0 saturated carbocycles. The van der Waals surface area contributed by atoms with Crippen LogP contribution in [0.3, 0.4) is 0 Å². The van der Waals surface area contributed by atoms with Crippen LogP contribution >= 0.6 is 0 Å². The first-order valence-electron chi connectivity index (χ1n) is 5.43. The van der Waals surface area contributed by atoms with Gasteiger partial charge in [-0.25, -0.2) is 0 Å². The molecule has 88 valence electrons. The molecule has 0 radical (unpaired) electrons. The Morgan fingerprint density at radius 1 is 1.29 bits per heavy atom. The largest absolute Gasteiger partial charge is 0.497 e. The van der Waals surface area contributed by atoms with Crippen LogP contribution in [0, 0.1) is 5.92 Å². The number of carbonyl (C=O) groups is 1. The number of benzene rings is 1. The maximum atomic E-state index is 12.1. The molecule has 1 aromatic carbocycles. The van der Waals surface area contributed by atoms with Crippen LogP contribution in [-0.2, 0) is 4.74 Å². The molecule has 0 fully saturated rings. The van der Waals surface area contributed by atoms with Gasteiger partial charge in [0.2, 0.25) is 0 Å². The number of allylic oxidation sites excluding steroid dienone is 1. The van der Waals surface area contributed by atoms with Crippen molar-refractivity contribution >= 4 is 5.78 Å². The van der Waals surface area contributed by atoms with Gasteiger partial charge in [0.15, 0.2) is 5.78 Å². The second kappa shape index (κ2) is 4.97. The average molecular weight is 230 g/mol. The predicted octanol–water partition coefficient (Wildman–Crippen LogP) is 1.95. The molecule has 0 aromatic heterocycles. The topological polar surface area (TPSA) is 46.5 Å². The molecule has 1 N–H and O–H groups in total. The lowest BCUT2D eigenvalue weighted by Crippen LogP contribution is -2.27. The number of ether oxygens (including phenoxy) is 1. The molecule has 0 spiro atoms. The molecule has 0 bridgehead atoms. The molecule has 1 aromatic rings. The number of aliphatic hydroxyl groups is 1. The van der Waals surface area contributed by atoms with Gasteiger partial charge in [0.05, 0.1) is 19.1 Å². The Morgan fingerprint density at radius 2 is 2.00 bits per heavy atom. The predicted molar refractivity (Wildman–Crippen MR) is 64.5 cm³/mol. The van der Waals surface area contributed by atoms with Crippen molar-refractivity contribution in [2.45, 2.75) is 6.10 Å². The summed E-state index contributed by atoms with van der Waals surface area (Å²) in [5, 5.41) is 9.87. The van der Waals surface area contributed by atoms with Crippen molar-refractivity contribution < 1.29 is 14.6 Å². The second-order valence-corrected chi connectivity index (χ2v) is 3.88. The van der Waals surface area contributed by atoms with Crippen LogP contribution in [0.2, 0.25) is 0 Å². The summed E-state index contributed by atoms with van der Waals surface area (Å²) in [6, 6.07) is 8.97. The third kappa shape index (κ3) is 2.45. The first-order chi connectivity index (χ1) is 8.22. The van der Waals surface area contributed by atoms with Gasteiger partial charge in [0, 0.05) is 5.56 Å². The Hall–Kier alpha value is -1.87. The number of aliphatic hydroxyl groups excluding tert-OH is 1. The van der Waals surface area contributed by atoms with Gasteiger partial charge < -0.3 is 9.84 Å². The van der Waals surface area contributed by atoms with Gasteiger partial charge in [-0.3, -0.25) is 4.79 Å². The Balaban J connectivity index is 2.18. The second-order valence-electron chi connectivity index (χ2n) is 3.88. The first kappa shape index (κ1) is 11.6. The fourth-order valence-electron chi connectivity index (χ4n) is 1.81. The van der Waals surface area contributed by atoms with E-state index in [-0.39, 0.29) is 5.78 Å². The van der Waals surface area contributed by atoms with E-state index in [1.165, 1.54) is 7.11 Å².